The Bertz CT molecular complexity index is 922. The molecule has 0 radical (unpaired) electrons. The topological polar surface area (TPSA) is 49.9 Å². The van der Waals surface area contributed by atoms with Crippen molar-refractivity contribution in [3.05, 3.63) is 71.3 Å². The summed E-state index contributed by atoms with van der Waals surface area (Å²) in [6.07, 6.45) is 1.39. The van der Waals surface area contributed by atoms with Crippen LogP contribution in [0.5, 0.6) is 0 Å². The zero-order chi connectivity index (χ0) is 22.5. The molecule has 2 aromatic rings. The second-order valence-electron chi connectivity index (χ2n) is 9.40. The number of nitrogens with zero attached hydrogens (tertiary/aromatic N) is 2. The lowest BCUT2D eigenvalue weighted by atomic mass is 9.81. The maximum absolute atomic E-state index is 13.3. The van der Waals surface area contributed by atoms with Gasteiger partial charge in [-0.25, -0.2) is 4.79 Å². The number of likely N-dealkylation sites (tertiary alicyclic amines) is 1. The van der Waals surface area contributed by atoms with Crippen molar-refractivity contribution in [2.45, 2.75) is 38.5 Å². The second-order valence-corrected chi connectivity index (χ2v) is 9.40. The normalized spacial score (nSPS) is 21.6. The number of urea groups is 1. The Morgan fingerprint density at radius 2 is 1.72 bits per heavy atom. The van der Waals surface area contributed by atoms with Crippen LogP contribution in [0.2, 0.25) is 0 Å². The second kappa shape index (κ2) is 10.3. The van der Waals surface area contributed by atoms with Crippen molar-refractivity contribution in [1.82, 2.24) is 9.80 Å². The van der Waals surface area contributed by atoms with Gasteiger partial charge in [-0.15, -0.1) is 0 Å². The number of amides is 2. The number of carbonyl (C=O) groups is 2. The minimum atomic E-state index is 0.0789. The van der Waals surface area contributed by atoms with Crippen molar-refractivity contribution in [2.75, 3.05) is 39.4 Å². The maximum Gasteiger partial charge on any atom is 0.320 e. The van der Waals surface area contributed by atoms with E-state index in [1.54, 1.807) is 0 Å². The SMILES string of the molecule is CC(C)c1cccc(C2CC(CC(=O)c3ccccc3)CN(C(=O)N3CCOCC3)C2)c1. The Hall–Kier alpha value is -2.66. The summed E-state index contributed by atoms with van der Waals surface area (Å²) in [5.41, 5.74) is 3.34. The highest BCUT2D eigenvalue weighted by molar-refractivity contribution is 5.96. The maximum atomic E-state index is 13.3. The highest BCUT2D eigenvalue weighted by atomic mass is 16.5. The highest BCUT2D eigenvalue weighted by Gasteiger charge is 2.34. The quantitative estimate of drug-likeness (QED) is 0.626. The summed E-state index contributed by atoms with van der Waals surface area (Å²) in [6.45, 7) is 8.20. The predicted molar refractivity (Wildman–Crippen MR) is 126 cm³/mol. The van der Waals surface area contributed by atoms with Crippen molar-refractivity contribution in [3.8, 4) is 0 Å². The first-order valence-electron chi connectivity index (χ1n) is 11.8. The standard InChI is InChI=1S/C27H34N2O3/c1-20(2)23-9-6-10-24(17-23)25-15-21(16-26(30)22-7-4-3-5-8-22)18-29(19-25)27(31)28-11-13-32-14-12-28/h3-10,17,20-21,25H,11-16,18-19H2,1-2H3. The van der Waals surface area contributed by atoms with Gasteiger partial charge in [-0.3, -0.25) is 4.79 Å². The van der Waals surface area contributed by atoms with Crippen molar-refractivity contribution < 1.29 is 14.3 Å². The van der Waals surface area contributed by atoms with E-state index in [1.165, 1.54) is 11.1 Å². The van der Waals surface area contributed by atoms with Crippen molar-refractivity contribution in [2.24, 2.45) is 5.92 Å². The van der Waals surface area contributed by atoms with E-state index in [2.05, 4.69) is 38.1 Å². The van der Waals surface area contributed by atoms with Gasteiger partial charge < -0.3 is 14.5 Å². The van der Waals surface area contributed by atoms with Gasteiger partial charge in [-0.05, 0) is 29.4 Å². The lowest BCUT2D eigenvalue weighted by Crippen LogP contribution is -2.52. The first kappa shape index (κ1) is 22.5. The lowest BCUT2D eigenvalue weighted by molar-refractivity contribution is 0.0374. The molecule has 2 aliphatic rings. The molecule has 2 saturated heterocycles. The third kappa shape index (κ3) is 5.39. The van der Waals surface area contributed by atoms with Crippen LogP contribution in [0, 0.1) is 5.92 Å². The van der Waals surface area contributed by atoms with E-state index in [0.717, 1.165) is 12.0 Å². The van der Waals surface area contributed by atoms with Crippen LogP contribution in [0.3, 0.4) is 0 Å². The molecule has 2 heterocycles. The van der Waals surface area contributed by atoms with E-state index in [9.17, 15) is 9.59 Å². The lowest BCUT2D eigenvalue weighted by Gasteiger charge is -2.41. The van der Waals surface area contributed by atoms with Gasteiger partial charge in [-0.2, -0.15) is 0 Å². The van der Waals surface area contributed by atoms with Crippen LogP contribution in [0.1, 0.15) is 60.0 Å². The zero-order valence-corrected chi connectivity index (χ0v) is 19.2. The molecular weight excluding hydrogens is 400 g/mol. The Labute approximate surface area is 191 Å². The van der Waals surface area contributed by atoms with E-state index in [0.29, 0.717) is 51.7 Å². The number of ether oxygens (including phenoxy) is 1. The zero-order valence-electron chi connectivity index (χ0n) is 19.2. The average Bonchev–Trinajstić information content (AvgIpc) is 2.84. The molecule has 2 amide bonds. The van der Waals surface area contributed by atoms with Gasteiger partial charge in [0, 0.05) is 44.1 Å². The molecule has 2 unspecified atom stereocenters. The van der Waals surface area contributed by atoms with Crippen LogP contribution in [0.4, 0.5) is 4.79 Å². The first-order chi connectivity index (χ1) is 15.5. The first-order valence-corrected chi connectivity index (χ1v) is 11.8. The molecule has 0 aromatic heterocycles. The van der Waals surface area contributed by atoms with Crippen molar-refractivity contribution in [1.29, 1.82) is 0 Å². The number of hydrogen-bond acceptors (Lipinski definition) is 3. The van der Waals surface area contributed by atoms with Crippen molar-refractivity contribution >= 4 is 11.8 Å². The Morgan fingerprint density at radius 1 is 0.969 bits per heavy atom. The Balaban J connectivity index is 1.55. The van der Waals surface area contributed by atoms with Gasteiger partial charge in [0.15, 0.2) is 5.78 Å². The molecule has 0 bridgehead atoms. The molecule has 0 aliphatic carbocycles. The van der Waals surface area contributed by atoms with E-state index in [-0.39, 0.29) is 23.7 Å². The molecule has 32 heavy (non-hydrogen) atoms. The van der Waals surface area contributed by atoms with Gasteiger partial charge in [0.1, 0.15) is 0 Å². The Morgan fingerprint density at radius 3 is 2.44 bits per heavy atom. The number of ketones is 1. The fourth-order valence-electron chi connectivity index (χ4n) is 4.88. The number of rotatable bonds is 5. The molecule has 2 aliphatic heterocycles. The number of benzene rings is 2. The monoisotopic (exact) mass is 434 g/mol. The molecule has 2 fully saturated rings. The van der Waals surface area contributed by atoms with Crippen LogP contribution < -0.4 is 0 Å². The minimum Gasteiger partial charge on any atom is -0.378 e. The number of morpholine rings is 1. The van der Waals surface area contributed by atoms with Crippen LogP contribution >= 0.6 is 0 Å². The summed E-state index contributed by atoms with van der Waals surface area (Å²) in [5.74, 6) is 1.00. The smallest absolute Gasteiger partial charge is 0.320 e. The number of piperidine rings is 1. The van der Waals surface area contributed by atoms with Crippen LogP contribution in [0.25, 0.3) is 0 Å². The summed E-state index contributed by atoms with van der Waals surface area (Å²) in [5, 5.41) is 0. The fourth-order valence-corrected chi connectivity index (χ4v) is 4.88. The van der Waals surface area contributed by atoms with Gasteiger partial charge >= 0.3 is 6.03 Å². The van der Waals surface area contributed by atoms with E-state index in [1.807, 2.05) is 40.1 Å². The van der Waals surface area contributed by atoms with Gasteiger partial charge in [0.05, 0.1) is 13.2 Å². The molecule has 2 atom stereocenters. The van der Waals surface area contributed by atoms with E-state index in [4.69, 9.17) is 4.74 Å². The van der Waals surface area contributed by atoms with Crippen LogP contribution in [-0.2, 0) is 4.74 Å². The molecule has 5 nitrogen and oxygen atoms in total. The molecule has 4 rings (SSSR count). The minimum absolute atomic E-state index is 0.0789. The van der Waals surface area contributed by atoms with Gasteiger partial charge in [0.25, 0.3) is 0 Å². The molecule has 170 valence electrons. The highest BCUT2D eigenvalue weighted by Crippen LogP contribution is 2.34. The summed E-state index contributed by atoms with van der Waals surface area (Å²) in [6, 6.07) is 18.3. The molecule has 0 spiro atoms. The molecule has 0 N–H and O–H groups in total. The largest absolute Gasteiger partial charge is 0.378 e. The summed E-state index contributed by atoms with van der Waals surface area (Å²) >= 11 is 0. The average molecular weight is 435 g/mol. The predicted octanol–water partition coefficient (Wildman–Crippen LogP) is 4.94. The third-order valence-corrected chi connectivity index (χ3v) is 6.71. The molecule has 2 aromatic carbocycles. The number of Topliss-reactive ketones (excluding diaryl/α,β-unsaturated/α-hetero) is 1. The summed E-state index contributed by atoms with van der Waals surface area (Å²) < 4.78 is 5.43. The molecule has 0 saturated carbocycles. The number of carbonyl (C=O) groups excluding carboxylic acids is 2. The van der Waals surface area contributed by atoms with Crippen LogP contribution in [-0.4, -0.2) is 61.0 Å². The molecular formula is C27H34N2O3. The fraction of sp³-hybridized carbons (Fsp3) is 0.481. The van der Waals surface area contributed by atoms with Crippen molar-refractivity contribution in [3.63, 3.8) is 0 Å². The molecule has 5 heteroatoms. The summed E-state index contributed by atoms with van der Waals surface area (Å²) in [4.78, 5) is 30.1. The Kier molecular flexibility index (Phi) is 7.26. The summed E-state index contributed by atoms with van der Waals surface area (Å²) in [7, 11) is 0. The van der Waals surface area contributed by atoms with E-state index < -0.39 is 0 Å². The number of hydrogen-bond donors (Lipinski definition) is 0. The van der Waals surface area contributed by atoms with E-state index >= 15 is 0 Å². The van der Waals surface area contributed by atoms with Gasteiger partial charge in [0.2, 0.25) is 0 Å². The van der Waals surface area contributed by atoms with Gasteiger partial charge in [-0.1, -0.05) is 68.4 Å². The van der Waals surface area contributed by atoms with Crippen LogP contribution in [0.15, 0.2) is 54.6 Å². The third-order valence-electron chi connectivity index (χ3n) is 6.71.